The van der Waals surface area contributed by atoms with Crippen molar-refractivity contribution in [3.05, 3.63) is 58.6 Å². The molecule has 0 radical (unpaired) electrons. The minimum absolute atomic E-state index is 0.135. The second-order valence-electron chi connectivity index (χ2n) is 4.49. The van der Waals surface area contributed by atoms with Crippen molar-refractivity contribution in [1.82, 2.24) is 14.9 Å². The van der Waals surface area contributed by atoms with Crippen LogP contribution in [0.4, 0.5) is 0 Å². The van der Waals surface area contributed by atoms with Crippen molar-refractivity contribution >= 4 is 17.6 Å². The van der Waals surface area contributed by atoms with Crippen LogP contribution in [0.15, 0.2) is 36.8 Å². The molecule has 2 rings (SSSR count). The number of hydrogen-bond acceptors (Lipinski definition) is 4. The number of benzene rings is 1. The number of carboxylic acids is 1. The molecule has 0 atom stereocenters. The van der Waals surface area contributed by atoms with Crippen molar-refractivity contribution in [2.45, 2.75) is 13.1 Å². The number of rotatable bonds is 5. The van der Waals surface area contributed by atoms with Gasteiger partial charge in [0.25, 0.3) is 0 Å². The Bertz CT molecular complexity index is 602. The summed E-state index contributed by atoms with van der Waals surface area (Å²) in [6.45, 7) is 1.12. The number of halogens is 1. The number of aromatic nitrogens is 2. The fourth-order valence-corrected chi connectivity index (χ4v) is 2.00. The van der Waals surface area contributed by atoms with E-state index in [0.717, 1.165) is 5.56 Å². The first-order chi connectivity index (χ1) is 9.56. The van der Waals surface area contributed by atoms with Crippen molar-refractivity contribution in [3.8, 4) is 0 Å². The number of aromatic carboxylic acids is 1. The molecule has 0 spiro atoms. The molecule has 1 heterocycles. The molecule has 2 aromatic rings. The lowest BCUT2D eigenvalue weighted by Gasteiger charge is -2.17. The molecule has 6 heteroatoms. The van der Waals surface area contributed by atoms with Crippen molar-refractivity contribution in [2.75, 3.05) is 7.05 Å². The summed E-state index contributed by atoms with van der Waals surface area (Å²) in [6, 6.07) is 7.55. The van der Waals surface area contributed by atoms with Crippen LogP contribution in [0.1, 0.15) is 21.6 Å². The first kappa shape index (κ1) is 14.4. The van der Waals surface area contributed by atoms with Gasteiger partial charge in [-0.2, -0.15) is 0 Å². The lowest BCUT2D eigenvalue weighted by Crippen LogP contribution is -2.20. The maximum absolute atomic E-state index is 11.1. The second-order valence-corrected chi connectivity index (χ2v) is 4.92. The average Bonchev–Trinajstić information content (AvgIpc) is 2.41. The van der Waals surface area contributed by atoms with Gasteiger partial charge in [-0.3, -0.25) is 4.90 Å². The van der Waals surface area contributed by atoms with Crippen LogP contribution in [0.3, 0.4) is 0 Å². The van der Waals surface area contributed by atoms with Crippen molar-refractivity contribution in [3.63, 3.8) is 0 Å². The Morgan fingerprint density at radius 2 is 2.00 bits per heavy atom. The largest absolute Gasteiger partial charge is 0.478 e. The maximum Gasteiger partial charge on any atom is 0.339 e. The Kier molecular flexibility index (Phi) is 4.65. The molecule has 1 N–H and O–H groups in total. The molecule has 0 unspecified atom stereocenters. The van der Waals surface area contributed by atoms with E-state index in [9.17, 15) is 4.79 Å². The lowest BCUT2D eigenvalue weighted by atomic mass is 10.2. The van der Waals surface area contributed by atoms with Crippen LogP contribution in [-0.2, 0) is 13.1 Å². The Labute approximate surface area is 121 Å². The van der Waals surface area contributed by atoms with Gasteiger partial charge in [0.2, 0.25) is 0 Å². The Morgan fingerprint density at radius 3 is 2.65 bits per heavy atom. The molecular weight excluding hydrogens is 278 g/mol. The summed E-state index contributed by atoms with van der Waals surface area (Å²) < 4.78 is 0. The summed E-state index contributed by atoms with van der Waals surface area (Å²) in [6.07, 6.45) is 2.68. The van der Waals surface area contributed by atoms with Gasteiger partial charge in [0.15, 0.2) is 0 Å². The number of nitrogens with zero attached hydrogens (tertiary/aromatic N) is 3. The Balaban J connectivity index is 2.06. The van der Waals surface area contributed by atoms with Gasteiger partial charge in [0, 0.05) is 24.3 Å². The fraction of sp³-hybridized carbons (Fsp3) is 0.214. The van der Waals surface area contributed by atoms with E-state index in [1.165, 1.54) is 12.5 Å². The Hall–Kier alpha value is -1.98. The van der Waals surface area contributed by atoms with E-state index in [2.05, 4.69) is 9.97 Å². The SMILES string of the molecule is CN(Cc1ccc(Cl)cc1)Cc1ncncc1C(=O)O. The van der Waals surface area contributed by atoms with Crippen LogP contribution in [-0.4, -0.2) is 33.0 Å². The number of carbonyl (C=O) groups is 1. The molecule has 0 fully saturated rings. The third-order valence-corrected chi connectivity index (χ3v) is 3.06. The van der Waals surface area contributed by atoms with Crippen LogP contribution >= 0.6 is 11.6 Å². The standard InChI is InChI=1S/C14H14ClN3O2/c1-18(7-10-2-4-11(15)5-3-10)8-13-12(14(19)20)6-16-9-17-13/h2-6,9H,7-8H2,1H3,(H,19,20). The summed E-state index contributed by atoms with van der Waals surface area (Å²) in [7, 11) is 1.91. The topological polar surface area (TPSA) is 66.3 Å². The Morgan fingerprint density at radius 1 is 1.30 bits per heavy atom. The molecule has 0 aliphatic heterocycles. The lowest BCUT2D eigenvalue weighted by molar-refractivity contribution is 0.0693. The second kappa shape index (κ2) is 6.45. The van der Waals surface area contributed by atoms with E-state index >= 15 is 0 Å². The highest BCUT2D eigenvalue weighted by atomic mass is 35.5. The van der Waals surface area contributed by atoms with Crippen molar-refractivity contribution in [1.29, 1.82) is 0 Å². The first-order valence-corrected chi connectivity index (χ1v) is 6.39. The van der Waals surface area contributed by atoms with Crippen LogP contribution < -0.4 is 0 Å². The quantitative estimate of drug-likeness (QED) is 0.916. The molecule has 104 valence electrons. The molecule has 0 bridgehead atoms. The molecule has 0 saturated carbocycles. The smallest absolute Gasteiger partial charge is 0.339 e. The molecular formula is C14H14ClN3O2. The fourth-order valence-electron chi connectivity index (χ4n) is 1.87. The molecule has 5 nitrogen and oxygen atoms in total. The highest BCUT2D eigenvalue weighted by Crippen LogP contribution is 2.13. The van der Waals surface area contributed by atoms with E-state index in [-0.39, 0.29) is 5.56 Å². The van der Waals surface area contributed by atoms with Crippen LogP contribution in [0.5, 0.6) is 0 Å². The predicted molar refractivity (Wildman–Crippen MR) is 75.6 cm³/mol. The molecule has 0 amide bonds. The van der Waals surface area contributed by atoms with Crippen molar-refractivity contribution in [2.24, 2.45) is 0 Å². The maximum atomic E-state index is 11.1. The summed E-state index contributed by atoms with van der Waals surface area (Å²) in [5, 5.41) is 9.78. The van der Waals surface area contributed by atoms with Crippen molar-refractivity contribution < 1.29 is 9.90 Å². The molecule has 0 aliphatic rings. The highest BCUT2D eigenvalue weighted by molar-refractivity contribution is 6.30. The normalized spacial score (nSPS) is 10.8. The third-order valence-electron chi connectivity index (χ3n) is 2.81. The van der Waals surface area contributed by atoms with Gasteiger partial charge in [-0.25, -0.2) is 14.8 Å². The summed E-state index contributed by atoms with van der Waals surface area (Å²) in [4.78, 5) is 20.9. The van der Waals surface area contributed by atoms with Gasteiger partial charge in [0.05, 0.1) is 5.69 Å². The van der Waals surface area contributed by atoms with Gasteiger partial charge in [-0.05, 0) is 24.7 Å². The first-order valence-electron chi connectivity index (χ1n) is 6.01. The van der Waals surface area contributed by atoms with Gasteiger partial charge in [0.1, 0.15) is 11.9 Å². The zero-order valence-corrected chi connectivity index (χ0v) is 11.7. The van der Waals surface area contributed by atoms with Gasteiger partial charge < -0.3 is 5.11 Å². The third kappa shape index (κ3) is 3.76. The molecule has 0 saturated heterocycles. The minimum atomic E-state index is -1.01. The minimum Gasteiger partial charge on any atom is -0.478 e. The summed E-state index contributed by atoms with van der Waals surface area (Å²) >= 11 is 5.84. The number of carboxylic acid groups (broad SMARTS) is 1. The summed E-state index contributed by atoms with van der Waals surface area (Å²) in [5.41, 5.74) is 1.74. The van der Waals surface area contributed by atoms with E-state index in [4.69, 9.17) is 16.7 Å². The van der Waals surface area contributed by atoms with Crippen LogP contribution in [0.2, 0.25) is 5.02 Å². The molecule has 20 heavy (non-hydrogen) atoms. The average molecular weight is 292 g/mol. The zero-order chi connectivity index (χ0) is 14.5. The number of hydrogen-bond donors (Lipinski definition) is 1. The van der Waals surface area contributed by atoms with Gasteiger partial charge in [-0.15, -0.1) is 0 Å². The zero-order valence-electron chi connectivity index (χ0n) is 11.0. The molecule has 0 aliphatic carbocycles. The van der Waals surface area contributed by atoms with Gasteiger partial charge >= 0.3 is 5.97 Å². The monoisotopic (exact) mass is 291 g/mol. The summed E-state index contributed by atoms with van der Waals surface area (Å²) in [5.74, 6) is -1.01. The van der Waals surface area contributed by atoms with Crippen LogP contribution in [0, 0.1) is 0 Å². The van der Waals surface area contributed by atoms with Crippen LogP contribution in [0.25, 0.3) is 0 Å². The highest BCUT2D eigenvalue weighted by Gasteiger charge is 2.13. The molecule has 1 aromatic heterocycles. The molecule has 1 aromatic carbocycles. The van der Waals surface area contributed by atoms with E-state index in [1.54, 1.807) is 0 Å². The van der Waals surface area contributed by atoms with Gasteiger partial charge in [-0.1, -0.05) is 23.7 Å². The predicted octanol–water partition coefficient (Wildman–Crippen LogP) is 2.46. The van der Waals surface area contributed by atoms with E-state index in [1.807, 2.05) is 36.2 Å². The van der Waals surface area contributed by atoms with E-state index in [0.29, 0.717) is 23.8 Å². The van der Waals surface area contributed by atoms with E-state index < -0.39 is 5.97 Å².